The second-order valence-electron chi connectivity index (χ2n) is 4.84. The zero-order chi connectivity index (χ0) is 13.1. The quantitative estimate of drug-likeness (QED) is 0.902. The maximum atomic E-state index is 4.71. The van der Waals surface area contributed by atoms with E-state index < -0.39 is 0 Å². The summed E-state index contributed by atoms with van der Waals surface area (Å²) in [6.07, 6.45) is 2.21. The first-order chi connectivity index (χ1) is 9.38. The van der Waals surface area contributed by atoms with Gasteiger partial charge in [-0.1, -0.05) is 31.2 Å². The number of nitrogens with zero attached hydrogens (tertiary/aromatic N) is 2. The van der Waals surface area contributed by atoms with Gasteiger partial charge >= 0.3 is 0 Å². The van der Waals surface area contributed by atoms with Gasteiger partial charge in [0.05, 0.1) is 0 Å². The average Bonchev–Trinajstić information content (AvgIpc) is 2.89. The van der Waals surface area contributed by atoms with Crippen LogP contribution >= 0.6 is 0 Å². The number of nitrogens with one attached hydrogen (secondary N) is 1. The van der Waals surface area contributed by atoms with Gasteiger partial charge in [0.15, 0.2) is 0 Å². The van der Waals surface area contributed by atoms with Gasteiger partial charge in [-0.25, -0.2) is 4.98 Å². The van der Waals surface area contributed by atoms with Gasteiger partial charge < -0.3 is 10.2 Å². The lowest BCUT2D eigenvalue weighted by Gasteiger charge is -2.19. The molecular weight excluding hydrogens is 234 g/mol. The second-order valence-corrected chi connectivity index (χ2v) is 4.84. The largest absolute Gasteiger partial charge is 0.370 e. The van der Waals surface area contributed by atoms with E-state index in [0.29, 0.717) is 0 Å². The standard InChI is InChI=1S/C16H19N3/c1-2-11-17-15-8-5-9-16(18-15)19-12-10-13-6-3-4-7-14(13)19/h3-9H,2,10-12H2,1H3,(H,17,18). The predicted molar refractivity (Wildman–Crippen MR) is 80.2 cm³/mol. The van der Waals surface area contributed by atoms with Crippen molar-refractivity contribution in [3.8, 4) is 0 Å². The van der Waals surface area contributed by atoms with Crippen molar-refractivity contribution in [1.29, 1.82) is 0 Å². The third-order valence-corrected chi connectivity index (χ3v) is 3.45. The van der Waals surface area contributed by atoms with Crippen molar-refractivity contribution in [2.75, 3.05) is 23.3 Å². The van der Waals surface area contributed by atoms with Crippen LogP contribution in [0.5, 0.6) is 0 Å². The van der Waals surface area contributed by atoms with Gasteiger partial charge in [0.1, 0.15) is 11.6 Å². The first kappa shape index (κ1) is 12.0. The lowest BCUT2D eigenvalue weighted by molar-refractivity contribution is 0.952. The summed E-state index contributed by atoms with van der Waals surface area (Å²) in [6, 6.07) is 14.8. The van der Waals surface area contributed by atoms with Crippen molar-refractivity contribution in [2.45, 2.75) is 19.8 Å². The SMILES string of the molecule is CCCNc1cccc(N2CCc3ccccc32)n1. The number of aromatic nitrogens is 1. The van der Waals surface area contributed by atoms with Crippen LogP contribution in [0.1, 0.15) is 18.9 Å². The number of fused-ring (bicyclic) bond motifs is 1. The summed E-state index contributed by atoms with van der Waals surface area (Å²) < 4.78 is 0. The van der Waals surface area contributed by atoms with E-state index in [4.69, 9.17) is 4.98 Å². The Morgan fingerprint density at radius 1 is 1.16 bits per heavy atom. The van der Waals surface area contributed by atoms with E-state index in [1.807, 2.05) is 6.07 Å². The van der Waals surface area contributed by atoms with E-state index in [1.54, 1.807) is 0 Å². The normalized spacial score (nSPS) is 13.4. The Morgan fingerprint density at radius 3 is 2.95 bits per heavy atom. The zero-order valence-corrected chi connectivity index (χ0v) is 11.3. The molecule has 0 atom stereocenters. The molecule has 0 saturated heterocycles. The lowest BCUT2D eigenvalue weighted by atomic mass is 10.2. The van der Waals surface area contributed by atoms with E-state index in [2.05, 4.69) is 53.5 Å². The zero-order valence-electron chi connectivity index (χ0n) is 11.3. The summed E-state index contributed by atoms with van der Waals surface area (Å²) in [5, 5.41) is 3.34. The van der Waals surface area contributed by atoms with Gasteiger partial charge in [-0.05, 0) is 36.6 Å². The third-order valence-electron chi connectivity index (χ3n) is 3.45. The van der Waals surface area contributed by atoms with Gasteiger partial charge in [0.25, 0.3) is 0 Å². The van der Waals surface area contributed by atoms with Crippen molar-refractivity contribution in [3.63, 3.8) is 0 Å². The smallest absolute Gasteiger partial charge is 0.135 e. The maximum Gasteiger partial charge on any atom is 0.135 e. The molecule has 1 aromatic heterocycles. The first-order valence-corrected chi connectivity index (χ1v) is 6.95. The van der Waals surface area contributed by atoms with Gasteiger partial charge in [0, 0.05) is 18.8 Å². The summed E-state index contributed by atoms with van der Waals surface area (Å²) in [7, 11) is 0. The molecule has 98 valence electrons. The highest BCUT2D eigenvalue weighted by Gasteiger charge is 2.20. The van der Waals surface area contributed by atoms with E-state index in [-0.39, 0.29) is 0 Å². The molecule has 1 N–H and O–H groups in total. The molecule has 0 saturated carbocycles. The van der Waals surface area contributed by atoms with Crippen molar-refractivity contribution in [2.24, 2.45) is 0 Å². The molecule has 1 aliphatic rings. The Kier molecular flexibility index (Phi) is 3.36. The van der Waals surface area contributed by atoms with Crippen molar-refractivity contribution in [1.82, 2.24) is 4.98 Å². The summed E-state index contributed by atoms with van der Waals surface area (Å²) in [5.41, 5.74) is 2.71. The molecule has 0 amide bonds. The van der Waals surface area contributed by atoms with Gasteiger partial charge in [-0.2, -0.15) is 0 Å². The van der Waals surface area contributed by atoms with E-state index in [1.165, 1.54) is 11.3 Å². The third kappa shape index (κ3) is 2.41. The molecule has 1 aliphatic heterocycles. The molecule has 19 heavy (non-hydrogen) atoms. The van der Waals surface area contributed by atoms with Crippen molar-refractivity contribution < 1.29 is 0 Å². The molecule has 1 aromatic carbocycles. The molecular formula is C16H19N3. The minimum atomic E-state index is 0.962. The molecule has 0 aliphatic carbocycles. The number of para-hydroxylation sites is 1. The molecule has 0 unspecified atom stereocenters. The number of hydrogen-bond acceptors (Lipinski definition) is 3. The van der Waals surface area contributed by atoms with Crippen LogP contribution < -0.4 is 10.2 Å². The number of rotatable bonds is 4. The number of hydrogen-bond donors (Lipinski definition) is 1. The fourth-order valence-electron chi connectivity index (χ4n) is 2.50. The summed E-state index contributed by atoms with van der Waals surface area (Å²) in [5.74, 6) is 2.00. The Hall–Kier alpha value is -2.03. The van der Waals surface area contributed by atoms with Crippen molar-refractivity contribution >= 4 is 17.3 Å². The second kappa shape index (κ2) is 5.31. The molecule has 0 fully saturated rings. The fraction of sp³-hybridized carbons (Fsp3) is 0.312. The highest BCUT2D eigenvalue weighted by atomic mass is 15.2. The van der Waals surface area contributed by atoms with Crippen LogP contribution in [0.2, 0.25) is 0 Å². The molecule has 3 rings (SSSR count). The number of anilines is 3. The highest BCUT2D eigenvalue weighted by Crippen LogP contribution is 2.33. The monoisotopic (exact) mass is 253 g/mol. The first-order valence-electron chi connectivity index (χ1n) is 6.95. The van der Waals surface area contributed by atoms with Crippen LogP contribution in [0.25, 0.3) is 0 Å². The lowest BCUT2D eigenvalue weighted by Crippen LogP contribution is -2.15. The van der Waals surface area contributed by atoms with E-state index in [0.717, 1.165) is 37.6 Å². The van der Waals surface area contributed by atoms with Crippen molar-refractivity contribution in [3.05, 3.63) is 48.0 Å². The van der Waals surface area contributed by atoms with Crippen LogP contribution in [-0.2, 0) is 6.42 Å². The van der Waals surface area contributed by atoms with Crippen LogP contribution in [0.4, 0.5) is 17.3 Å². The Bertz CT molecular complexity index is 565. The van der Waals surface area contributed by atoms with E-state index >= 15 is 0 Å². The molecule has 0 spiro atoms. The van der Waals surface area contributed by atoms with Crippen LogP contribution in [0.3, 0.4) is 0 Å². The molecule has 3 nitrogen and oxygen atoms in total. The average molecular weight is 253 g/mol. The molecule has 2 aromatic rings. The van der Waals surface area contributed by atoms with Crippen LogP contribution in [-0.4, -0.2) is 18.1 Å². The van der Waals surface area contributed by atoms with Gasteiger partial charge in [-0.15, -0.1) is 0 Å². The van der Waals surface area contributed by atoms with E-state index in [9.17, 15) is 0 Å². The van der Waals surface area contributed by atoms with Gasteiger partial charge in [-0.3, -0.25) is 0 Å². The number of pyridine rings is 1. The minimum absolute atomic E-state index is 0.962. The van der Waals surface area contributed by atoms with Crippen LogP contribution in [0, 0.1) is 0 Å². The molecule has 3 heteroatoms. The number of benzene rings is 1. The summed E-state index contributed by atoms with van der Waals surface area (Å²) in [4.78, 5) is 7.00. The Labute approximate surface area is 114 Å². The highest BCUT2D eigenvalue weighted by molar-refractivity contribution is 5.68. The van der Waals surface area contributed by atoms with Crippen LogP contribution in [0.15, 0.2) is 42.5 Å². The summed E-state index contributed by atoms with van der Waals surface area (Å²) >= 11 is 0. The molecule has 0 radical (unpaired) electrons. The summed E-state index contributed by atoms with van der Waals surface area (Å²) in [6.45, 7) is 4.14. The van der Waals surface area contributed by atoms with Gasteiger partial charge in [0.2, 0.25) is 0 Å². The Balaban J connectivity index is 1.87. The molecule has 0 bridgehead atoms. The molecule has 2 heterocycles. The predicted octanol–water partition coefficient (Wildman–Crippen LogP) is 3.60. The maximum absolute atomic E-state index is 4.71. The topological polar surface area (TPSA) is 28.2 Å². The fourth-order valence-corrected chi connectivity index (χ4v) is 2.50. The minimum Gasteiger partial charge on any atom is -0.370 e. The Morgan fingerprint density at radius 2 is 2.05 bits per heavy atom.